The highest BCUT2D eigenvalue weighted by atomic mass is 32.2. The second-order valence-corrected chi connectivity index (χ2v) is 6.77. The molecule has 2 amide bonds. The number of carbonyl (C=O) groups excluding carboxylic acids is 2. The third-order valence-electron chi connectivity index (χ3n) is 3.69. The first-order valence-corrected chi connectivity index (χ1v) is 8.48. The molecule has 1 aliphatic rings. The number of nitrogens with zero attached hydrogens (tertiary/aromatic N) is 2. The third kappa shape index (κ3) is 2.94. The summed E-state index contributed by atoms with van der Waals surface area (Å²) in [5.41, 5.74) is -5.74. The minimum atomic E-state index is -6.22. The predicted octanol–water partition coefficient (Wildman–Crippen LogP) is 3.11. The fourth-order valence-corrected chi connectivity index (χ4v) is 2.98. The van der Waals surface area contributed by atoms with Crippen LogP contribution in [0, 0.1) is 6.57 Å². The smallest absolute Gasteiger partial charge is 0.266 e. The lowest BCUT2D eigenvalue weighted by Gasteiger charge is -2.26. The van der Waals surface area contributed by atoms with Gasteiger partial charge in [-0.25, -0.2) is 4.85 Å². The molecule has 0 bridgehead atoms. The summed E-state index contributed by atoms with van der Waals surface area (Å²) in [7, 11) is -6.22. The number of hydrogen-bond acceptors (Lipinski definition) is 5. The Kier molecular flexibility index (Phi) is 4.25. The molecule has 0 aliphatic carbocycles. The fraction of sp³-hybridized carbons (Fsp3) is 0.0625. The van der Waals surface area contributed by atoms with E-state index in [0.717, 1.165) is 6.20 Å². The Bertz CT molecular complexity index is 1140. The van der Waals surface area contributed by atoms with Gasteiger partial charge in [-0.2, -0.15) is 21.6 Å². The van der Waals surface area contributed by atoms with Gasteiger partial charge in [-0.1, -0.05) is 24.3 Å². The molecule has 2 aromatic carbocycles. The van der Waals surface area contributed by atoms with Crippen LogP contribution in [0.4, 0.5) is 13.2 Å². The molecule has 0 saturated heterocycles. The first-order valence-electron chi connectivity index (χ1n) is 7.07. The number of imide groups is 1. The highest BCUT2D eigenvalue weighted by molar-refractivity contribution is 7.87. The van der Waals surface area contributed by atoms with Gasteiger partial charge in [0.2, 0.25) is 0 Å². The zero-order valence-electron chi connectivity index (χ0n) is 13.0. The molecule has 27 heavy (non-hydrogen) atoms. The van der Waals surface area contributed by atoms with Crippen LogP contribution in [-0.2, 0) is 14.4 Å². The molecular weight excluding hydrogens is 389 g/mol. The first-order chi connectivity index (χ1) is 12.6. The lowest BCUT2D eigenvalue weighted by atomic mass is 9.92. The Morgan fingerprint density at radius 2 is 1.70 bits per heavy atom. The van der Waals surface area contributed by atoms with Crippen LogP contribution in [0.15, 0.2) is 36.5 Å². The van der Waals surface area contributed by atoms with Gasteiger partial charge in [-0.3, -0.25) is 9.59 Å². The molecule has 0 atom stereocenters. The topological polar surface area (TPSA) is 85.1 Å². The summed E-state index contributed by atoms with van der Waals surface area (Å²) in [5.74, 6) is -2.70. The van der Waals surface area contributed by atoms with E-state index in [-0.39, 0.29) is 16.5 Å². The Morgan fingerprint density at radius 3 is 2.30 bits per heavy atom. The van der Waals surface area contributed by atoms with Gasteiger partial charge >= 0.3 is 15.6 Å². The van der Waals surface area contributed by atoms with E-state index in [4.69, 9.17) is 6.57 Å². The van der Waals surface area contributed by atoms with E-state index in [9.17, 15) is 31.2 Å². The van der Waals surface area contributed by atoms with Gasteiger partial charge < -0.3 is 0 Å². The number of rotatable bonds is 3. The second-order valence-electron chi connectivity index (χ2n) is 5.25. The van der Waals surface area contributed by atoms with Crippen molar-refractivity contribution in [3.05, 3.63) is 64.6 Å². The standard InChI is InChI=1S/C16H7F3N2O5S/c1-20-8-7-9-5-6-12-13-10(9)3-2-4-11(13)14(22)21(15(12)23)26-27(24,25)16(17,18)19/h2-8H/b8-7+. The van der Waals surface area contributed by atoms with E-state index in [0.29, 0.717) is 10.9 Å². The van der Waals surface area contributed by atoms with Gasteiger partial charge in [-0.15, -0.1) is 9.35 Å². The molecule has 0 aromatic heterocycles. The predicted molar refractivity (Wildman–Crippen MR) is 86.1 cm³/mol. The van der Waals surface area contributed by atoms with Gasteiger partial charge in [0.25, 0.3) is 11.8 Å². The van der Waals surface area contributed by atoms with Gasteiger partial charge in [0, 0.05) is 5.39 Å². The minimum absolute atomic E-state index is 0.129. The summed E-state index contributed by atoms with van der Waals surface area (Å²) in [6.07, 6.45) is 2.59. The van der Waals surface area contributed by atoms with Gasteiger partial charge in [-0.05, 0) is 23.1 Å². The Morgan fingerprint density at radius 1 is 1.07 bits per heavy atom. The summed E-state index contributed by atoms with van der Waals surface area (Å²) in [6.45, 7) is 6.77. The van der Waals surface area contributed by atoms with Crippen molar-refractivity contribution < 1.29 is 35.5 Å². The summed E-state index contributed by atoms with van der Waals surface area (Å²) in [6, 6.07) is 6.80. The lowest BCUT2D eigenvalue weighted by molar-refractivity contribution is -0.0761. The van der Waals surface area contributed by atoms with Crippen molar-refractivity contribution in [3.8, 4) is 0 Å². The Hall–Kier alpha value is -3.23. The molecule has 138 valence electrons. The Balaban J connectivity index is 2.18. The first kappa shape index (κ1) is 18.6. The van der Waals surface area contributed by atoms with E-state index in [1.165, 1.54) is 30.3 Å². The summed E-state index contributed by atoms with van der Waals surface area (Å²) >= 11 is 0. The maximum Gasteiger partial charge on any atom is 0.525 e. The maximum atomic E-state index is 12.5. The van der Waals surface area contributed by atoms with Crippen molar-refractivity contribution in [2.75, 3.05) is 0 Å². The zero-order chi connectivity index (χ0) is 20.0. The molecule has 2 aromatic rings. The highest BCUT2D eigenvalue weighted by Gasteiger charge is 2.51. The Labute approximate surface area is 150 Å². The molecule has 1 aliphatic heterocycles. The van der Waals surface area contributed by atoms with E-state index in [1.807, 2.05) is 0 Å². The third-order valence-corrected chi connectivity index (χ3v) is 4.60. The van der Waals surface area contributed by atoms with Crippen LogP contribution in [0.25, 0.3) is 21.7 Å². The minimum Gasteiger partial charge on any atom is -0.266 e. The average molecular weight is 396 g/mol. The number of hydrogen-bond donors (Lipinski definition) is 0. The van der Waals surface area contributed by atoms with Crippen molar-refractivity contribution in [3.63, 3.8) is 0 Å². The van der Waals surface area contributed by atoms with Crippen LogP contribution in [0.3, 0.4) is 0 Å². The number of amides is 2. The molecule has 3 rings (SSSR count). The van der Waals surface area contributed by atoms with Crippen molar-refractivity contribution >= 4 is 38.8 Å². The maximum absolute atomic E-state index is 12.5. The summed E-state index contributed by atoms with van der Waals surface area (Å²) in [5, 5.41) is 0.100. The normalized spacial score (nSPS) is 14.8. The van der Waals surface area contributed by atoms with Gasteiger partial charge in [0.1, 0.15) is 0 Å². The molecule has 0 fully saturated rings. The molecule has 0 spiro atoms. The quantitative estimate of drug-likeness (QED) is 0.452. The van der Waals surface area contributed by atoms with Crippen LogP contribution in [0.5, 0.6) is 0 Å². The van der Waals surface area contributed by atoms with E-state index in [1.54, 1.807) is 6.07 Å². The van der Waals surface area contributed by atoms with Crippen molar-refractivity contribution in [1.82, 2.24) is 5.06 Å². The fourth-order valence-electron chi connectivity index (χ4n) is 2.57. The molecule has 0 saturated carbocycles. The molecule has 11 heteroatoms. The lowest BCUT2D eigenvalue weighted by Crippen LogP contribution is -2.44. The summed E-state index contributed by atoms with van der Waals surface area (Å²) in [4.78, 5) is 27.9. The number of halogens is 3. The van der Waals surface area contributed by atoms with Crippen LogP contribution in [-0.4, -0.2) is 30.8 Å². The molecule has 0 N–H and O–H groups in total. The summed E-state index contributed by atoms with van der Waals surface area (Å²) < 4.78 is 63.8. The molecular formula is C16H7F3N2O5S. The van der Waals surface area contributed by atoms with Crippen molar-refractivity contribution in [2.24, 2.45) is 0 Å². The highest BCUT2D eigenvalue weighted by Crippen LogP contribution is 2.34. The SMILES string of the molecule is [C-]#[N+]/C=C/c1ccc2c3c(cccc13)C(=O)N(OS(=O)(=O)C(F)(F)F)C2=O. The molecule has 0 unspecified atom stereocenters. The molecule has 7 nitrogen and oxygen atoms in total. The second kappa shape index (κ2) is 6.19. The average Bonchev–Trinajstić information content (AvgIpc) is 2.60. The molecule has 0 radical (unpaired) electrons. The van der Waals surface area contributed by atoms with E-state index >= 15 is 0 Å². The van der Waals surface area contributed by atoms with Crippen LogP contribution in [0.2, 0.25) is 0 Å². The number of alkyl halides is 3. The number of hydroxylamine groups is 2. The molecule has 1 heterocycles. The largest absolute Gasteiger partial charge is 0.525 e. The van der Waals surface area contributed by atoms with Crippen molar-refractivity contribution in [2.45, 2.75) is 5.51 Å². The van der Waals surface area contributed by atoms with Gasteiger partial charge in [0.15, 0.2) is 6.20 Å². The van der Waals surface area contributed by atoms with E-state index in [2.05, 4.69) is 9.13 Å². The van der Waals surface area contributed by atoms with Gasteiger partial charge in [0.05, 0.1) is 17.7 Å². The number of benzene rings is 2. The van der Waals surface area contributed by atoms with Crippen LogP contribution < -0.4 is 0 Å². The van der Waals surface area contributed by atoms with E-state index < -0.39 is 32.5 Å². The monoisotopic (exact) mass is 396 g/mol. The van der Waals surface area contributed by atoms with Crippen molar-refractivity contribution in [1.29, 1.82) is 0 Å². The van der Waals surface area contributed by atoms with Crippen LogP contribution in [0.1, 0.15) is 26.3 Å². The number of carbonyl (C=O) groups is 2. The zero-order valence-corrected chi connectivity index (χ0v) is 13.8. The van der Waals surface area contributed by atoms with Crippen LogP contribution >= 0.6 is 0 Å².